The van der Waals surface area contributed by atoms with Gasteiger partial charge in [0, 0.05) is 13.7 Å². The Hall–Kier alpha value is -0.0800. The van der Waals surface area contributed by atoms with Crippen molar-refractivity contribution in [3.8, 4) is 0 Å². The van der Waals surface area contributed by atoms with E-state index in [1.807, 2.05) is 6.92 Å². The van der Waals surface area contributed by atoms with E-state index in [0.29, 0.717) is 13.2 Å². The van der Waals surface area contributed by atoms with Crippen LogP contribution in [-0.2, 0) is 9.47 Å². The van der Waals surface area contributed by atoms with Crippen molar-refractivity contribution in [1.29, 1.82) is 0 Å². The molecule has 0 saturated carbocycles. The second-order valence-electron chi connectivity index (χ2n) is 1.71. The number of methoxy groups -OCH3 is 1. The molecule has 0 N–H and O–H groups in total. The molecule has 0 unspecified atom stereocenters. The van der Waals surface area contributed by atoms with Crippen molar-refractivity contribution in [2.75, 3.05) is 26.9 Å². The fourth-order valence-corrected chi connectivity index (χ4v) is 0.419. The molecule has 0 aliphatic heterocycles. The molecule has 2 nitrogen and oxygen atoms in total. The van der Waals surface area contributed by atoms with Crippen LogP contribution in [0.5, 0.6) is 0 Å². The predicted octanol–water partition coefficient (Wildman–Crippen LogP) is 1.14. The van der Waals surface area contributed by atoms with Gasteiger partial charge < -0.3 is 9.47 Å². The SMILES string of the molecule is C[C]CCOCCOC. The third-order valence-corrected chi connectivity index (χ3v) is 0.928. The molecule has 0 spiro atoms. The van der Waals surface area contributed by atoms with Gasteiger partial charge in [-0.25, -0.2) is 0 Å². The van der Waals surface area contributed by atoms with Crippen LogP contribution in [0, 0.1) is 6.42 Å². The monoisotopic (exact) mass is 130 g/mol. The fraction of sp³-hybridized carbons (Fsp3) is 0.857. The number of hydrogen-bond acceptors (Lipinski definition) is 2. The highest BCUT2D eigenvalue weighted by Crippen LogP contribution is 1.85. The maximum Gasteiger partial charge on any atom is 0.0700 e. The third-order valence-electron chi connectivity index (χ3n) is 0.928. The molecule has 0 aliphatic carbocycles. The molecule has 9 heavy (non-hydrogen) atoms. The van der Waals surface area contributed by atoms with E-state index in [9.17, 15) is 0 Å². The molecule has 0 aromatic carbocycles. The first-order valence-corrected chi connectivity index (χ1v) is 3.13. The Labute approximate surface area is 57.2 Å². The Bertz CT molecular complexity index is 40.2. The van der Waals surface area contributed by atoms with Gasteiger partial charge in [-0.15, -0.1) is 0 Å². The molecule has 0 fully saturated rings. The summed E-state index contributed by atoms with van der Waals surface area (Å²) in [5.41, 5.74) is 0. The van der Waals surface area contributed by atoms with E-state index in [2.05, 4.69) is 6.42 Å². The molecule has 0 rings (SSSR count). The lowest BCUT2D eigenvalue weighted by molar-refractivity contribution is 0.0720. The normalized spacial score (nSPS) is 10.0. The predicted molar refractivity (Wildman–Crippen MR) is 36.2 cm³/mol. The van der Waals surface area contributed by atoms with Crippen LogP contribution in [0.4, 0.5) is 0 Å². The summed E-state index contributed by atoms with van der Waals surface area (Å²) in [6.45, 7) is 4.04. The van der Waals surface area contributed by atoms with E-state index in [4.69, 9.17) is 9.47 Å². The van der Waals surface area contributed by atoms with E-state index >= 15 is 0 Å². The number of ether oxygens (including phenoxy) is 2. The highest BCUT2D eigenvalue weighted by Gasteiger charge is 1.84. The van der Waals surface area contributed by atoms with Crippen LogP contribution in [0.2, 0.25) is 0 Å². The van der Waals surface area contributed by atoms with Crippen molar-refractivity contribution < 1.29 is 9.47 Å². The van der Waals surface area contributed by atoms with Gasteiger partial charge in [0.15, 0.2) is 0 Å². The van der Waals surface area contributed by atoms with Crippen LogP contribution in [0.1, 0.15) is 13.3 Å². The van der Waals surface area contributed by atoms with Gasteiger partial charge in [0.05, 0.1) is 13.2 Å². The van der Waals surface area contributed by atoms with Gasteiger partial charge in [-0.05, 0) is 12.8 Å². The smallest absolute Gasteiger partial charge is 0.0700 e. The number of hydrogen-bond donors (Lipinski definition) is 0. The molecule has 0 amide bonds. The van der Waals surface area contributed by atoms with Crippen molar-refractivity contribution in [1.82, 2.24) is 0 Å². The molecule has 0 aromatic heterocycles. The second-order valence-corrected chi connectivity index (χ2v) is 1.71. The van der Waals surface area contributed by atoms with Gasteiger partial charge in [0.25, 0.3) is 0 Å². The van der Waals surface area contributed by atoms with Gasteiger partial charge in [0.1, 0.15) is 0 Å². The maximum absolute atomic E-state index is 5.13. The van der Waals surface area contributed by atoms with Crippen LogP contribution >= 0.6 is 0 Å². The average Bonchev–Trinajstić information content (AvgIpc) is 1.89. The first-order valence-electron chi connectivity index (χ1n) is 3.13. The molecule has 0 bridgehead atoms. The van der Waals surface area contributed by atoms with Gasteiger partial charge in [-0.3, -0.25) is 0 Å². The van der Waals surface area contributed by atoms with E-state index in [-0.39, 0.29) is 0 Å². The summed E-state index contributed by atoms with van der Waals surface area (Å²) in [4.78, 5) is 0. The van der Waals surface area contributed by atoms with Crippen LogP contribution < -0.4 is 0 Å². The van der Waals surface area contributed by atoms with Crippen LogP contribution in [0.3, 0.4) is 0 Å². The summed E-state index contributed by atoms with van der Waals surface area (Å²) in [6.07, 6.45) is 3.89. The molecule has 2 radical (unpaired) electrons. The summed E-state index contributed by atoms with van der Waals surface area (Å²) >= 11 is 0. The van der Waals surface area contributed by atoms with E-state index in [0.717, 1.165) is 13.0 Å². The van der Waals surface area contributed by atoms with Crippen LogP contribution in [-0.4, -0.2) is 26.9 Å². The summed E-state index contributed by atoms with van der Waals surface area (Å²) in [6, 6.07) is 0. The Morgan fingerprint density at radius 1 is 1.22 bits per heavy atom. The molecule has 0 heterocycles. The standard InChI is InChI=1S/C7H14O2/c1-3-4-5-9-7-6-8-2/h4-7H2,1-2H3. The topological polar surface area (TPSA) is 18.5 Å². The second kappa shape index (κ2) is 7.92. The van der Waals surface area contributed by atoms with Crippen molar-refractivity contribution in [2.45, 2.75) is 13.3 Å². The zero-order valence-corrected chi connectivity index (χ0v) is 6.14. The van der Waals surface area contributed by atoms with Crippen LogP contribution in [0.15, 0.2) is 0 Å². The molecule has 0 atom stereocenters. The lowest BCUT2D eigenvalue weighted by Gasteiger charge is -1.99. The van der Waals surface area contributed by atoms with E-state index in [1.54, 1.807) is 7.11 Å². The zero-order valence-electron chi connectivity index (χ0n) is 6.14. The maximum atomic E-state index is 5.13. The Morgan fingerprint density at radius 3 is 2.56 bits per heavy atom. The average molecular weight is 130 g/mol. The highest BCUT2D eigenvalue weighted by atomic mass is 16.5. The quantitative estimate of drug-likeness (QED) is 0.502. The minimum absolute atomic E-state index is 0.684. The van der Waals surface area contributed by atoms with Crippen molar-refractivity contribution in [3.05, 3.63) is 6.42 Å². The van der Waals surface area contributed by atoms with Crippen LogP contribution in [0.25, 0.3) is 0 Å². The summed E-state index contributed by atoms with van der Waals surface area (Å²) in [5, 5.41) is 0. The molecular weight excluding hydrogens is 116 g/mol. The summed E-state index contributed by atoms with van der Waals surface area (Å²) in [7, 11) is 1.67. The summed E-state index contributed by atoms with van der Waals surface area (Å²) in [5.74, 6) is 0. The Balaban J connectivity index is 2.60. The number of rotatable bonds is 6. The van der Waals surface area contributed by atoms with Crippen molar-refractivity contribution >= 4 is 0 Å². The first kappa shape index (κ1) is 8.92. The molecule has 0 aliphatic rings. The van der Waals surface area contributed by atoms with Gasteiger partial charge in [-0.2, -0.15) is 0 Å². The Morgan fingerprint density at radius 2 is 2.00 bits per heavy atom. The van der Waals surface area contributed by atoms with E-state index < -0.39 is 0 Å². The van der Waals surface area contributed by atoms with Gasteiger partial charge in [0.2, 0.25) is 0 Å². The molecule has 2 heteroatoms. The minimum Gasteiger partial charge on any atom is -0.382 e. The largest absolute Gasteiger partial charge is 0.382 e. The zero-order chi connectivity index (χ0) is 6.95. The minimum atomic E-state index is 0.684. The molecule has 0 aromatic rings. The fourth-order valence-electron chi connectivity index (χ4n) is 0.419. The molecular formula is C7H14O2. The van der Waals surface area contributed by atoms with Gasteiger partial charge >= 0.3 is 0 Å². The number of unbranched alkanes of at least 4 members (excludes halogenated alkanes) is 1. The van der Waals surface area contributed by atoms with Gasteiger partial charge in [-0.1, -0.05) is 6.92 Å². The molecule has 0 saturated heterocycles. The Kier molecular flexibility index (Phi) is 7.85. The lowest BCUT2D eigenvalue weighted by Crippen LogP contribution is -2.02. The molecule has 54 valence electrons. The first-order chi connectivity index (χ1) is 4.41. The summed E-state index contributed by atoms with van der Waals surface area (Å²) < 4.78 is 9.90. The van der Waals surface area contributed by atoms with E-state index in [1.165, 1.54) is 0 Å². The van der Waals surface area contributed by atoms with Crippen molar-refractivity contribution in [2.24, 2.45) is 0 Å². The highest BCUT2D eigenvalue weighted by molar-refractivity contribution is 4.52. The third kappa shape index (κ3) is 7.92. The van der Waals surface area contributed by atoms with Crippen molar-refractivity contribution in [3.63, 3.8) is 0 Å². The lowest BCUT2D eigenvalue weighted by atomic mass is 10.4.